The van der Waals surface area contributed by atoms with Crippen LogP contribution in [0.3, 0.4) is 0 Å². The number of hydrogen-bond donors (Lipinski definition) is 2. The number of ether oxygens (including phenoxy) is 1. The number of rotatable bonds is 5. The van der Waals surface area contributed by atoms with E-state index in [0.29, 0.717) is 18.2 Å². The van der Waals surface area contributed by atoms with E-state index in [1.54, 1.807) is 19.2 Å². The highest BCUT2D eigenvalue weighted by Crippen LogP contribution is 2.34. The van der Waals surface area contributed by atoms with Gasteiger partial charge in [0, 0.05) is 40.9 Å². The summed E-state index contributed by atoms with van der Waals surface area (Å²) in [4.78, 5) is 2.38. The number of benzene rings is 2. The van der Waals surface area contributed by atoms with E-state index in [-0.39, 0.29) is 0 Å². The number of halogens is 1. The maximum atomic E-state index is 10.2. The molecule has 1 atom stereocenters. The standard InChI is InChI=1S/C22H24ClN3O2/c1-28-19-8-9-21(27)17(11-19)14-26-10-2-3-16(13-26)22-20(12-24-25-22)15-4-6-18(23)7-5-15/h4-9,11-12,16,27H,2-3,10,13-14H2,1H3,(H,24,25)/t16-/m1/s1. The molecule has 1 aliphatic heterocycles. The molecule has 2 N–H and O–H groups in total. The summed E-state index contributed by atoms with van der Waals surface area (Å²) in [5.74, 6) is 1.45. The molecule has 6 heteroatoms. The molecule has 1 saturated heterocycles. The lowest BCUT2D eigenvalue weighted by Gasteiger charge is -2.33. The van der Waals surface area contributed by atoms with Crippen molar-refractivity contribution in [2.45, 2.75) is 25.3 Å². The first-order valence-electron chi connectivity index (χ1n) is 9.51. The zero-order valence-electron chi connectivity index (χ0n) is 15.9. The number of nitrogens with zero attached hydrogens (tertiary/aromatic N) is 2. The Morgan fingerprint density at radius 1 is 1.25 bits per heavy atom. The van der Waals surface area contributed by atoms with Gasteiger partial charge < -0.3 is 9.84 Å². The Bertz CT molecular complexity index is 939. The number of methoxy groups -OCH3 is 1. The van der Waals surface area contributed by atoms with Crippen molar-refractivity contribution in [2.75, 3.05) is 20.2 Å². The highest BCUT2D eigenvalue weighted by molar-refractivity contribution is 6.30. The highest BCUT2D eigenvalue weighted by Gasteiger charge is 2.25. The van der Waals surface area contributed by atoms with Gasteiger partial charge in [0.1, 0.15) is 11.5 Å². The van der Waals surface area contributed by atoms with Gasteiger partial charge in [-0.2, -0.15) is 5.10 Å². The lowest BCUT2D eigenvalue weighted by Crippen LogP contribution is -2.34. The van der Waals surface area contributed by atoms with E-state index in [9.17, 15) is 5.11 Å². The number of hydrogen-bond acceptors (Lipinski definition) is 4. The lowest BCUT2D eigenvalue weighted by molar-refractivity contribution is 0.196. The van der Waals surface area contributed by atoms with Crippen molar-refractivity contribution in [3.63, 3.8) is 0 Å². The van der Waals surface area contributed by atoms with Crippen LogP contribution in [0.5, 0.6) is 11.5 Å². The molecule has 0 bridgehead atoms. The van der Waals surface area contributed by atoms with Crippen molar-refractivity contribution in [3.05, 3.63) is 64.9 Å². The fourth-order valence-corrected chi connectivity index (χ4v) is 4.08. The first-order valence-corrected chi connectivity index (χ1v) is 9.89. The summed E-state index contributed by atoms with van der Waals surface area (Å²) in [6.45, 7) is 2.63. The quantitative estimate of drug-likeness (QED) is 0.647. The molecule has 3 aromatic rings. The van der Waals surface area contributed by atoms with Gasteiger partial charge in [0.25, 0.3) is 0 Å². The molecule has 0 spiro atoms. The van der Waals surface area contributed by atoms with Gasteiger partial charge in [0.15, 0.2) is 0 Å². The molecular formula is C22H24ClN3O2. The first kappa shape index (κ1) is 18.8. The van der Waals surface area contributed by atoms with Crippen LogP contribution < -0.4 is 4.74 Å². The minimum atomic E-state index is 0.311. The van der Waals surface area contributed by atoms with Gasteiger partial charge in [-0.3, -0.25) is 10.00 Å². The Balaban J connectivity index is 1.52. The topological polar surface area (TPSA) is 61.4 Å². The zero-order valence-corrected chi connectivity index (χ0v) is 16.6. The molecule has 5 nitrogen and oxygen atoms in total. The minimum Gasteiger partial charge on any atom is -0.508 e. The van der Waals surface area contributed by atoms with Crippen molar-refractivity contribution < 1.29 is 9.84 Å². The van der Waals surface area contributed by atoms with E-state index in [2.05, 4.69) is 15.1 Å². The summed E-state index contributed by atoms with van der Waals surface area (Å²) in [7, 11) is 1.64. The predicted octanol–water partition coefficient (Wildman–Crippen LogP) is 4.82. The Morgan fingerprint density at radius 3 is 2.86 bits per heavy atom. The van der Waals surface area contributed by atoms with Crippen molar-refractivity contribution in [1.82, 2.24) is 15.1 Å². The molecule has 2 aromatic carbocycles. The Morgan fingerprint density at radius 2 is 2.07 bits per heavy atom. The summed E-state index contributed by atoms with van der Waals surface area (Å²) in [5, 5.41) is 18.5. The molecular weight excluding hydrogens is 374 g/mol. The summed E-state index contributed by atoms with van der Waals surface area (Å²) in [6.07, 6.45) is 4.11. The van der Waals surface area contributed by atoms with Crippen LogP contribution >= 0.6 is 11.6 Å². The number of nitrogens with one attached hydrogen (secondary N) is 1. The zero-order chi connectivity index (χ0) is 19.5. The molecule has 1 aromatic heterocycles. The number of likely N-dealkylation sites (tertiary alicyclic amines) is 1. The maximum absolute atomic E-state index is 10.2. The third kappa shape index (κ3) is 4.01. The van der Waals surface area contributed by atoms with Crippen molar-refractivity contribution >= 4 is 11.6 Å². The number of aromatic amines is 1. The predicted molar refractivity (Wildman–Crippen MR) is 111 cm³/mol. The molecule has 0 saturated carbocycles. The van der Waals surface area contributed by atoms with E-state index in [0.717, 1.165) is 53.4 Å². The van der Waals surface area contributed by atoms with Crippen LogP contribution in [-0.2, 0) is 6.54 Å². The molecule has 2 heterocycles. The van der Waals surface area contributed by atoms with Gasteiger partial charge in [0.2, 0.25) is 0 Å². The largest absolute Gasteiger partial charge is 0.508 e. The van der Waals surface area contributed by atoms with Gasteiger partial charge >= 0.3 is 0 Å². The van der Waals surface area contributed by atoms with Gasteiger partial charge in [-0.05, 0) is 55.3 Å². The van der Waals surface area contributed by atoms with E-state index in [4.69, 9.17) is 16.3 Å². The van der Waals surface area contributed by atoms with Crippen LogP contribution in [0.2, 0.25) is 5.02 Å². The smallest absolute Gasteiger partial charge is 0.120 e. The van der Waals surface area contributed by atoms with Crippen molar-refractivity contribution in [2.24, 2.45) is 0 Å². The second-order valence-electron chi connectivity index (χ2n) is 7.27. The number of phenols is 1. The average molecular weight is 398 g/mol. The fraction of sp³-hybridized carbons (Fsp3) is 0.318. The first-order chi connectivity index (χ1) is 13.6. The third-order valence-corrected chi connectivity index (χ3v) is 5.67. The van der Waals surface area contributed by atoms with Gasteiger partial charge in [-0.25, -0.2) is 0 Å². The summed E-state index contributed by atoms with van der Waals surface area (Å²) >= 11 is 6.03. The van der Waals surface area contributed by atoms with Gasteiger partial charge in [0.05, 0.1) is 13.3 Å². The van der Waals surface area contributed by atoms with E-state index in [1.807, 2.05) is 36.5 Å². The number of aromatic hydroxyl groups is 1. The number of H-pyrrole nitrogens is 1. The lowest BCUT2D eigenvalue weighted by atomic mass is 9.90. The summed E-state index contributed by atoms with van der Waals surface area (Å²) in [5.41, 5.74) is 4.31. The minimum absolute atomic E-state index is 0.311. The van der Waals surface area contributed by atoms with Crippen LogP contribution in [0.1, 0.15) is 30.0 Å². The number of piperidine rings is 1. The molecule has 4 rings (SSSR count). The number of phenolic OH excluding ortho intramolecular Hbond substituents is 1. The molecule has 1 fully saturated rings. The summed E-state index contributed by atoms with van der Waals surface area (Å²) < 4.78 is 5.30. The van der Waals surface area contributed by atoms with Crippen LogP contribution in [0.25, 0.3) is 11.1 Å². The Labute approximate surface area is 169 Å². The fourth-order valence-electron chi connectivity index (χ4n) is 3.96. The molecule has 0 amide bonds. The van der Waals surface area contributed by atoms with Crippen LogP contribution in [0.15, 0.2) is 48.7 Å². The van der Waals surface area contributed by atoms with E-state index >= 15 is 0 Å². The SMILES string of the molecule is COc1ccc(O)c(CN2CCC[C@@H](c3[nH]ncc3-c3ccc(Cl)cc3)C2)c1. The van der Waals surface area contributed by atoms with Crippen LogP contribution in [0, 0.1) is 0 Å². The highest BCUT2D eigenvalue weighted by atomic mass is 35.5. The summed E-state index contributed by atoms with van der Waals surface area (Å²) in [6, 6.07) is 13.3. The van der Waals surface area contributed by atoms with Crippen molar-refractivity contribution in [3.8, 4) is 22.6 Å². The molecule has 0 aliphatic carbocycles. The second-order valence-corrected chi connectivity index (χ2v) is 7.71. The molecule has 1 aliphatic rings. The molecule has 0 radical (unpaired) electrons. The Hall–Kier alpha value is -2.50. The average Bonchev–Trinajstić information content (AvgIpc) is 3.20. The normalized spacial score (nSPS) is 17.6. The van der Waals surface area contributed by atoms with Crippen LogP contribution in [0.4, 0.5) is 0 Å². The third-order valence-electron chi connectivity index (χ3n) is 5.42. The Kier molecular flexibility index (Phi) is 5.55. The van der Waals surface area contributed by atoms with Gasteiger partial charge in [-0.15, -0.1) is 0 Å². The monoisotopic (exact) mass is 397 g/mol. The second kappa shape index (κ2) is 8.25. The van der Waals surface area contributed by atoms with Gasteiger partial charge in [-0.1, -0.05) is 23.7 Å². The maximum Gasteiger partial charge on any atom is 0.120 e. The molecule has 28 heavy (non-hydrogen) atoms. The number of aromatic nitrogens is 2. The molecule has 146 valence electrons. The van der Waals surface area contributed by atoms with E-state index < -0.39 is 0 Å². The molecule has 0 unspecified atom stereocenters. The van der Waals surface area contributed by atoms with Crippen LogP contribution in [-0.4, -0.2) is 40.4 Å². The van der Waals surface area contributed by atoms with Crippen molar-refractivity contribution in [1.29, 1.82) is 0 Å². The van der Waals surface area contributed by atoms with E-state index in [1.165, 1.54) is 5.69 Å².